The van der Waals surface area contributed by atoms with Crippen molar-refractivity contribution in [3.63, 3.8) is 0 Å². The molecule has 1 amide bonds. The van der Waals surface area contributed by atoms with Crippen LogP contribution < -0.4 is 10.1 Å². The third-order valence-electron chi connectivity index (χ3n) is 4.24. The first-order valence-electron chi connectivity index (χ1n) is 9.33. The fourth-order valence-corrected chi connectivity index (χ4v) is 4.24. The topological polar surface area (TPSA) is 88.6 Å². The first kappa shape index (κ1) is 24.5. The number of aromatic nitrogens is 1. The Balaban J connectivity index is 1.77. The fourth-order valence-electron chi connectivity index (χ4n) is 2.77. The molecule has 1 N–H and O–H groups in total. The van der Waals surface area contributed by atoms with Gasteiger partial charge in [0.05, 0.1) is 6.54 Å². The lowest BCUT2D eigenvalue weighted by molar-refractivity contribution is -0.274. The fraction of sp³-hybridized carbons (Fsp3) is 0.143. The molecule has 0 saturated carbocycles. The van der Waals surface area contributed by atoms with Crippen molar-refractivity contribution < 1.29 is 31.1 Å². The first-order valence-corrected chi connectivity index (χ1v) is 11.1. The van der Waals surface area contributed by atoms with Gasteiger partial charge in [-0.25, -0.2) is 8.42 Å². The summed E-state index contributed by atoms with van der Waals surface area (Å²) in [4.78, 5) is 16.3. The van der Waals surface area contributed by atoms with E-state index in [0.29, 0.717) is 10.6 Å². The summed E-state index contributed by atoms with van der Waals surface area (Å²) in [5, 5.41) is 2.93. The summed E-state index contributed by atoms with van der Waals surface area (Å²) in [7, 11) is -4.09. The minimum Gasteiger partial charge on any atom is -0.406 e. The van der Waals surface area contributed by atoms with E-state index < -0.39 is 34.6 Å². The zero-order valence-electron chi connectivity index (χ0n) is 16.8. The molecule has 0 bridgehead atoms. The largest absolute Gasteiger partial charge is 0.573 e. The van der Waals surface area contributed by atoms with Gasteiger partial charge in [0.15, 0.2) is 0 Å². The van der Waals surface area contributed by atoms with Gasteiger partial charge in [0.25, 0.3) is 0 Å². The van der Waals surface area contributed by atoms with Crippen molar-refractivity contribution in [3.8, 4) is 5.75 Å². The van der Waals surface area contributed by atoms with E-state index in [1.165, 1.54) is 36.7 Å². The smallest absolute Gasteiger partial charge is 0.406 e. The number of carbonyl (C=O) groups is 1. The molecule has 0 aliphatic rings. The molecule has 174 valence electrons. The molecular weight excluding hydrogens is 483 g/mol. The van der Waals surface area contributed by atoms with Crippen molar-refractivity contribution >= 4 is 33.2 Å². The van der Waals surface area contributed by atoms with Gasteiger partial charge in [0.2, 0.25) is 15.9 Å². The van der Waals surface area contributed by atoms with Crippen LogP contribution in [0.2, 0.25) is 5.02 Å². The average molecular weight is 500 g/mol. The Hall–Kier alpha value is -3.15. The highest BCUT2D eigenvalue weighted by Gasteiger charge is 2.31. The lowest BCUT2D eigenvalue weighted by atomic mass is 10.2. The van der Waals surface area contributed by atoms with Crippen molar-refractivity contribution in [1.82, 2.24) is 9.29 Å². The number of pyridine rings is 1. The third kappa shape index (κ3) is 7.17. The molecule has 0 unspecified atom stereocenters. The number of alkyl halides is 3. The Morgan fingerprint density at radius 1 is 1.06 bits per heavy atom. The number of anilines is 1. The highest BCUT2D eigenvalue weighted by molar-refractivity contribution is 7.89. The number of amides is 1. The summed E-state index contributed by atoms with van der Waals surface area (Å²) in [6, 6.07) is 13.7. The van der Waals surface area contributed by atoms with Crippen LogP contribution in [0, 0.1) is 0 Å². The number of hydrogen-bond donors (Lipinski definition) is 1. The Labute approximate surface area is 192 Å². The van der Waals surface area contributed by atoms with Crippen LogP contribution in [0.1, 0.15) is 5.56 Å². The standard InChI is InChI=1S/C21H17ClF3N3O4S/c22-16-5-3-15(4-6-16)13-28(33(30,31)19-2-1-11-26-12-19)14-20(29)27-17-7-9-18(10-8-17)32-21(23,24)25/h1-12H,13-14H2,(H,27,29). The van der Waals surface area contributed by atoms with Crippen molar-refractivity contribution in [2.45, 2.75) is 17.8 Å². The van der Waals surface area contributed by atoms with Gasteiger partial charge in [0.1, 0.15) is 10.6 Å². The summed E-state index contributed by atoms with van der Waals surface area (Å²) in [6.45, 7) is -0.680. The van der Waals surface area contributed by atoms with Crippen LogP contribution in [0.3, 0.4) is 0 Å². The number of carbonyl (C=O) groups excluding carboxylic acids is 1. The van der Waals surface area contributed by atoms with Crippen molar-refractivity contribution in [2.75, 3.05) is 11.9 Å². The summed E-state index contributed by atoms with van der Waals surface area (Å²) < 4.78 is 67.8. The maximum absolute atomic E-state index is 13.1. The predicted molar refractivity (Wildman–Crippen MR) is 115 cm³/mol. The minimum atomic E-state index is -4.84. The maximum atomic E-state index is 13.1. The molecule has 0 aliphatic heterocycles. The van der Waals surface area contributed by atoms with Crippen molar-refractivity contribution in [3.05, 3.63) is 83.6 Å². The second-order valence-electron chi connectivity index (χ2n) is 6.71. The molecule has 0 saturated heterocycles. The number of nitrogens with one attached hydrogen (secondary N) is 1. The maximum Gasteiger partial charge on any atom is 0.573 e. The number of benzene rings is 2. The number of nitrogens with zero attached hydrogens (tertiary/aromatic N) is 2. The first-order chi connectivity index (χ1) is 15.5. The number of ether oxygens (including phenoxy) is 1. The Morgan fingerprint density at radius 3 is 2.30 bits per heavy atom. The molecule has 12 heteroatoms. The number of sulfonamides is 1. The summed E-state index contributed by atoms with van der Waals surface area (Å²) >= 11 is 5.88. The van der Waals surface area contributed by atoms with E-state index >= 15 is 0 Å². The zero-order valence-corrected chi connectivity index (χ0v) is 18.4. The van der Waals surface area contributed by atoms with E-state index in [1.807, 2.05) is 0 Å². The quantitative estimate of drug-likeness (QED) is 0.494. The minimum absolute atomic E-state index is 0.0968. The van der Waals surface area contributed by atoms with E-state index in [2.05, 4.69) is 15.0 Å². The molecule has 0 radical (unpaired) electrons. The molecule has 3 rings (SSSR count). The molecule has 1 aromatic heterocycles. The van der Waals surface area contributed by atoms with Crippen LogP contribution in [0.15, 0.2) is 78.0 Å². The van der Waals surface area contributed by atoms with Crippen LogP contribution in [-0.4, -0.2) is 36.5 Å². The van der Waals surface area contributed by atoms with Gasteiger partial charge in [-0.05, 0) is 54.1 Å². The van der Waals surface area contributed by atoms with Crippen molar-refractivity contribution in [2.24, 2.45) is 0 Å². The molecule has 1 heterocycles. The van der Waals surface area contributed by atoms with Gasteiger partial charge in [-0.1, -0.05) is 23.7 Å². The molecule has 0 spiro atoms. The Bertz CT molecular complexity index is 1190. The van der Waals surface area contributed by atoms with Gasteiger partial charge in [-0.15, -0.1) is 13.2 Å². The van der Waals surface area contributed by atoms with E-state index in [9.17, 15) is 26.4 Å². The number of hydrogen-bond acceptors (Lipinski definition) is 5. The lowest BCUT2D eigenvalue weighted by Crippen LogP contribution is -2.37. The molecular formula is C21H17ClF3N3O4S. The molecule has 7 nitrogen and oxygen atoms in total. The van der Waals surface area contributed by atoms with E-state index in [-0.39, 0.29) is 17.1 Å². The van der Waals surface area contributed by atoms with Gasteiger partial charge >= 0.3 is 6.36 Å². The molecule has 0 fully saturated rings. The Morgan fingerprint density at radius 2 is 1.73 bits per heavy atom. The van der Waals surface area contributed by atoms with Gasteiger partial charge in [-0.3, -0.25) is 9.78 Å². The van der Waals surface area contributed by atoms with Gasteiger partial charge in [0, 0.05) is 29.6 Å². The number of rotatable bonds is 8. The van der Waals surface area contributed by atoms with Crippen LogP contribution in [0.5, 0.6) is 5.75 Å². The molecule has 0 atom stereocenters. The van der Waals surface area contributed by atoms with Crippen LogP contribution in [0.25, 0.3) is 0 Å². The second kappa shape index (κ2) is 10.2. The van der Waals surface area contributed by atoms with E-state index in [1.54, 1.807) is 24.3 Å². The average Bonchev–Trinajstić information content (AvgIpc) is 2.76. The predicted octanol–water partition coefficient (Wildman–Crippen LogP) is 4.46. The van der Waals surface area contributed by atoms with Crippen molar-refractivity contribution in [1.29, 1.82) is 0 Å². The monoisotopic (exact) mass is 499 g/mol. The van der Waals surface area contributed by atoms with Crippen LogP contribution in [-0.2, 0) is 21.4 Å². The highest BCUT2D eigenvalue weighted by Crippen LogP contribution is 2.24. The lowest BCUT2D eigenvalue weighted by Gasteiger charge is -2.22. The second-order valence-corrected chi connectivity index (χ2v) is 9.08. The summed E-state index contributed by atoms with van der Waals surface area (Å²) in [5.74, 6) is -1.15. The highest BCUT2D eigenvalue weighted by atomic mass is 35.5. The molecule has 33 heavy (non-hydrogen) atoms. The van der Waals surface area contributed by atoms with Gasteiger partial charge in [-0.2, -0.15) is 4.31 Å². The molecule has 2 aromatic carbocycles. The summed E-state index contributed by atoms with van der Waals surface area (Å²) in [6.07, 6.45) is -2.25. The molecule has 3 aromatic rings. The number of halogens is 4. The zero-order chi connectivity index (χ0) is 24.1. The summed E-state index contributed by atoms with van der Waals surface area (Å²) in [5.41, 5.74) is 0.757. The van der Waals surface area contributed by atoms with Gasteiger partial charge < -0.3 is 10.1 Å². The normalized spacial score (nSPS) is 11.9. The van der Waals surface area contributed by atoms with E-state index in [0.717, 1.165) is 16.4 Å². The van der Waals surface area contributed by atoms with Crippen LogP contribution in [0.4, 0.5) is 18.9 Å². The third-order valence-corrected chi connectivity index (χ3v) is 6.26. The van der Waals surface area contributed by atoms with E-state index in [4.69, 9.17) is 11.6 Å². The van der Waals surface area contributed by atoms with Crippen LogP contribution >= 0.6 is 11.6 Å². The SMILES string of the molecule is O=C(CN(Cc1ccc(Cl)cc1)S(=O)(=O)c1cccnc1)Nc1ccc(OC(F)(F)F)cc1. The Kier molecular flexibility index (Phi) is 7.57. The molecule has 0 aliphatic carbocycles.